The molecule has 0 unspecified atom stereocenters. The molecule has 0 amide bonds. The average Bonchev–Trinajstić information content (AvgIpc) is 2.82. The minimum atomic E-state index is -0.749. The summed E-state index contributed by atoms with van der Waals surface area (Å²) in [6.07, 6.45) is 0.993. The minimum Gasteiger partial charge on any atom is -0.406 e. The first kappa shape index (κ1) is 14.9. The molecule has 8 heteroatoms. The van der Waals surface area contributed by atoms with Gasteiger partial charge in [0.1, 0.15) is 5.82 Å². The van der Waals surface area contributed by atoms with Crippen LogP contribution in [-0.4, -0.2) is 16.7 Å². The number of rotatable bonds is 6. The predicted molar refractivity (Wildman–Crippen MR) is 73.6 cm³/mol. The van der Waals surface area contributed by atoms with Crippen LogP contribution in [0.1, 0.15) is 19.2 Å². The summed E-state index contributed by atoms with van der Waals surface area (Å²) >= 11 is 3.07. The third kappa shape index (κ3) is 3.73. The average molecular weight is 347 g/mol. The van der Waals surface area contributed by atoms with Gasteiger partial charge >= 0.3 is 6.01 Å². The molecule has 0 spiro atoms. The van der Waals surface area contributed by atoms with Crippen molar-refractivity contribution in [2.75, 3.05) is 11.9 Å². The zero-order chi connectivity index (χ0) is 14.5. The molecule has 1 aromatic heterocycles. The highest BCUT2D eigenvalue weighted by atomic mass is 79.9. The monoisotopic (exact) mass is 346 g/mol. The van der Waals surface area contributed by atoms with Gasteiger partial charge in [0.15, 0.2) is 5.82 Å². The van der Waals surface area contributed by atoms with E-state index < -0.39 is 11.6 Å². The Balaban J connectivity index is 2.07. The molecule has 2 aromatic rings. The summed E-state index contributed by atoms with van der Waals surface area (Å²) in [7, 11) is 0. The van der Waals surface area contributed by atoms with E-state index in [0.717, 1.165) is 25.1 Å². The molecule has 0 saturated carbocycles. The quantitative estimate of drug-likeness (QED) is 0.785. The molecular weight excluding hydrogens is 334 g/mol. The van der Waals surface area contributed by atoms with Gasteiger partial charge in [0.25, 0.3) is 0 Å². The van der Waals surface area contributed by atoms with Crippen molar-refractivity contribution in [3.05, 3.63) is 34.1 Å². The summed E-state index contributed by atoms with van der Waals surface area (Å²) < 4.78 is 32.1. The van der Waals surface area contributed by atoms with E-state index in [0.29, 0.717) is 12.4 Å². The molecule has 1 heterocycles. The van der Waals surface area contributed by atoms with Crippen molar-refractivity contribution >= 4 is 27.6 Å². The number of benzene rings is 1. The summed E-state index contributed by atoms with van der Waals surface area (Å²) in [5.74, 6) is -1.03. The Morgan fingerprint density at radius 2 is 2.10 bits per heavy atom. The largest absolute Gasteiger partial charge is 0.406 e. The lowest BCUT2D eigenvalue weighted by Gasteiger charge is -2.05. The van der Waals surface area contributed by atoms with E-state index in [1.165, 1.54) is 0 Å². The fraction of sp³-hybridized carbons (Fsp3) is 0.333. The Hall–Kier alpha value is -1.54. The minimum absolute atomic E-state index is 0.0446. The normalized spacial score (nSPS) is 10.8. The number of aromatic nitrogens is 2. The highest BCUT2D eigenvalue weighted by molar-refractivity contribution is 9.10. The summed E-state index contributed by atoms with van der Waals surface area (Å²) in [4.78, 5) is 0. The van der Waals surface area contributed by atoms with E-state index in [-0.39, 0.29) is 16.2 Å². The molecule has 1 aromatic carbocycles. The van der Waals surface area contributed by atoms with Gasteiger partial charge in [-0.05, 0) is 35.0 Å². The fourth-order valence-corrected chi connectivity index (χ4v) is 2.02. The van der Waals surface area contributed by atoms with Crippen molar-refractivity contribution in [1.29, 1.82) is 0 Å². The zero-order valence-corrected chi connectivity index (χ0v) is 12.3. The summed E-state index contributed by atoms with van der Waals surface area (Å²) in [6, 6.07) is 1.96. The van der Waals surface area contributed by atoms with Crippen LogP contribution in [0.3, 0.4) is 0 Å². The van der Waals surface area contributed by atoms with Gasteiger partial charge in [-0.1, -0.05) is 12.0 Å². The Kier molecular flexibility index (Phi) is 5.02. The molecule has 0 atom stereocenters. The number of halogens is 3. The number of hydrogen-bond acceptors (Lipinski definition) is 5. The second kappa shape index (κ2) is 6.76. The van der Waals surface area contributed by atoms with Gasteiger partial charge < -0.3 is 15.1 Å². The Morgan fingerprint density at radius 1 is 1.30 bits per heavy atom. The highest BCUT2D eigenvalue weighted by Gasteiger charge is 2.13. The molecule has 20 heavy (non-hydrogen) atoms. The molecule has 0 fully saturated rings. The first-order chi connectivity index (χ1) is 9.60. The van der Waals surface area contributed by atoms with Gasteiger partial charge in [0, 0.05) is 10.5 Å². The molecule has 0 aliphatic heterocycles. The van der Waals surface area contributed by atoms with Crippen LogP contribution < -0.4 is 10.6 Å². The van der Waals surface area contributed by atoms with Crippen LogP contribution >= 0.6 is 15.9 Å². The van der Waals surface area contributed by atoms with E-state index in [1.54, 1.807) is 0 Å². The van der Waals surface area contributed by atoms with Crippen molar-refractivity contribution in [3.8, 4) is 0 Å². The number of hydrogen-bond donors (Lipinski definition) is 2. The third-order valence-corrected chi connectivity index (χ3v) is 3.03. The molecule has 2 rings (SSSR count). The Morgan fingerprint density at radius 3 is 2.80 bits per heavy atom. The molecule has 2 N–H and O–H groups in total. The molecule has 108 valence electrons. The third-order valence-electron chi connectivity index (χ3n) is 2.41. The van der Waals surface area contributed by atoms with Crippen LogP contribution in [0.15, 0.2) is 21.0 Å². The lowest BCUT2D eigenvalue weighted by atomic mass is 10.3. The van der Waals surface area contributed by atoms with Gasteiger partial charge in [-0.3, -0.25) is 0 Å². The van der Waals surface area contributed by atoms with Crippen LogP contribution in [-0.2, 0) is 6.54 Å². The molecule has 0 saturated heterocycles. The van der Waals surface area contributed by atoms with Crippen molar-refractivity contribution in [3.63, 3.8) is 0 Å². The predicted octanol–water partition coefficient (Wildman–Crippen LogP) is 3.35. The highest BCUT2D eigenvalue weighted by Crippen LogP contribution is 2.29. The molecule has 0 bridgehead atoms. The Labute approximate surface area is 122 Å². The van der Waals surface area contributed by atoms with E-state index in [2.05, 4.69) is 36.8 Å². The van der Waals surface area contributed by atoms with Crippen LogP contribution in [0.4, 0.5) is 20.5 Å². The van der Waals surface area contributed by atoms with Gasteiger partial charge in [-0.25, -0.2) is 8.78 Å². The van der Waals surface area contributed by atoms with Gasteiger partial charge in [0.05, 0.1) is 12.2 Å². The maximum absolute atomic E-state index is 13.6. The standard InChI is InChI=1S/C12H13BrF2N4O/c1-2-3-16-6-10-18-19-12(20-10)17-11-8(13)4-7(14)5-9(11)15/h4-5,16H,2-3,6H2,1H3,(H,17,19). The molecule has 5 nitrogen and oxygen atoms in total. The van der Waals surface area contributed by atoms with Crippen molar-refractivity contribution in [2.24, 2.45) is 0 Å². The van der Waals surface area contributed by atoms with Gasteiger partial charge in [-0.2, -0.15) is 0 Å². The lowest BCUT2D eigenvalue weighted by molar-refractivity contribution is 0.479. The number of nitrogens with zero attached hydrogens (tertiary/aromatic N) is 2. The van der Waals surface area contributed by atoms with E-state index in [4.69, 9.17) is 4.42 Å². The van der Waals surface area contributed by atoms with E-state index in [9.17, 15) is 8.78 Å². The maximum Gasteiger partial charge on any atom is 0.320 e. The van der Waals surface area contributed by atoms with Crippen LogP contribution in [0.5, 0.6) is 0 Å². The second-order valence-corrected chi connectivity index (χ2v) is 4.90. The van der Waals surface area contributed by atoms with Crippen molar-refractivity contribution in [2.45, 2.75) is 19.9 Å². The van der Waals surface area contributed by atoms with E-state index in [1.807, 2.05) is 6.92 Å². The first-order valence-electron chi connectivity index (χ1n) is 6.04. The topological polar surface area (TPSA) is 63.0 Å². The maximum atomic E-state index is 13.6. The van der Waals surface area contributed by atoms with Gasteiger partial charge in [0.2, 0.25) is 5.89 Å². The first-order valence-corrected chi connectivity index (χ1v) is 6.84. The molecule has 0 radical (unpaired) electrons. The SMILES string of the molecule is CCCNCc1nnc(Nc2c(F)cc(F)cc2Br)o1. The molecule has 0 aliphatic rings. The van der Waals surface area contributed by atoms with E-state index >= 15 is 0 Å². The Bertz CT molecular complexity index is 568. The van der Waals surface area contributed by atoms with Crippen LogP contribution in [0.2, 0.25) is 0 Å². The number of nitrogens with one attached hydrogen (secondary N) is 2. The second-order valence-electron chi connectivity index (χ2n) is 4.05. The van der Waals surface area contributed by atoms with Crippen LogP contribution in [0, 0.1) is 11.6 Å². The zero-order valence-electron chi connectivity index (χ0n) is 10.7. The van der Waals surface area contributed by atoms with Crippen molar-refractivity contribution in [1.82, 2.24) is 15.5 Å². The van der Waals surface area contributed by atoms with Crippen LogP contribution in [0.25, 0.3) is 0 Å². The van der Waals surface area contributed by atoms with Crippen molar-refractivity contribution < 1.29 is 13.2 Å². The molecular formula is C12H13BrF2N4O. The fourth-order valence-electron chi connectivity index (χ4n) is 1.52. The number of anilines is 2. The summed E-state index contributed by atoms with van der Waals surface area (Å²) in [6.45, 7) is 3.32. The molecule has 0 aliphatic carbocycles. The lowest BCUT2D eigenvalue weighted by Crippen LogP contribution is -2.13. The summed E-state index contributed by atoms with van der Waals surface area (Å²) in [5.41, 5.74) is 0.0446. The smallest absolute Gasteiger partial charge is 0.320 e. The van der Waals surface area contributed by atoms with Gasteiger partial charge in [-0.15, -0.1) is 5.10 Å². The summed E-state index contributed by atoms with van der Waals surface area (Å²) in [5, 5.41) is 13.3.